The van der Waals surface area contributed by atoms with Crippen molar-refractivity contribution >= 4 is 11.6 Å². The van der Waals surface area contributed by atoms with E-state index in [1.165, 1.54) is 12.1 Å². The summed E-state index contributed by atoms with van der Waals surface area (Å²) in [5.74, 6) is 0.181. The summed E-state index contributed by atoms with van der Waals surface area (Å²) in [7, 11) is 0. The fourth-order valence-corrected chi connectivity index (χ4v) is 4.98. The highest BCUT2D eigenvalue weighted by atomic mass is 19.1. The Morgan fingerprint density at radius 3 is 2.57 bits per heavy atom. The molecule has 37 heavy (non-hydrogen) atoms. The number of carbonyl (C=O) groups is 1. The molecule has 3 aromatic carbocycles. The van der Waals surface area contributed by atoms with Crippen LogP contribution >= 0.6 is 0 Å². The highest BCUT2D eigenvalue weighted by molar-refractivity contribution is 5.97. The average Bonchev–Trinajstić information content (AvgIpc) is 3.58. The number of anilines is 1. The second-order valence-electron chi connectivity index (χ2n) is 10.00. The van der Waals surface area contributed by atoms with Crippen LogP contribution in [-0.4, -0.2) is 28.9 Å². The van der Waals surface area contributed by atoms with Crippen LogP contribution in [0.25, 0.3) is 22.4 Å². The number of fused-ring (bicyclic) bond motifs is 1. The minimum absolute atomic E-state index is 0.0125. The molecule has 1 fully saturated rings. The Labute approximate surface area is 215 Å². The average molecular weight is 498 g/mol. The maximum Gasteiger partial charge on any atom is 0.262 e. The minimum Gasteiger partial charge on any atom is -0.482 e. The molecular weight excluding hydrogens is 469 g/mol. The van der Waals surface area contributed by atoms with Crippen molar-refractivity contribution in [3.63, 3.8) is 0 Å². The molecule has 1 aliphatic carbocycles. The van der Waals surface area contributed by atoms with Crippen LogP contribution in [0.2, 0.25) is 0 Å². The standard InChI is InChI=1S/C30H28FN3O3/c1-20-28(23-9-12-26-25(15-23)32-27(35)17-37-26)29(22-7-10-24(31)11-8-22)34(33-20)18-30(13-14-30)19-36-16-21-5-3-2-4-6-21/h2-12,15H,13-14,16-19H2,1H3,(H,32,35). The molecular formula is C30H28FN3O3. The maximum atomic E-state index is 13.8. The molecule has 6 rings (SSSR count). The fraction of sp³-hybridized carbons (Fsp3) is 0.267. The summed E-state index contributed by atoms with van der Waals surface area (Å²) in [6.07, 6.45) is 2.14. The van der Waals surface area contributed by atoms with Crippen molar-refractivity contribution in [1.82, 2.24) is 9.78 Å². The zero-order chi connectivity index (χ0) is 25.4. The zero-order valence-electron chi connectivity index (χ0n) is 20.7. The molecule has 1 N–H and O–H groups in total. The summed E-state index contributed by atoms with van der Waals surface area (Å²) >= 11 is 0. The first-order valence-corrected chi connectivity index (χ1v) is 12.5. The molecule has 0 saturated heterocycles. The number of nitrogens with one attached hydrogen (secondary N) is 1. The van der Waals surface area contributed by atoms with Crippen LogP contribution in [0.15, 0.2) is 72.8 Å². The van der Waals surface area contributed by atoms with E-state index in [4.69, 9.17) is 14.6 Å². The van der Waals surface area contributed by atoms with E-state index in [0.29, 0.717) is 31.2 Å². The first-order chi connectivity index (χ1) is 18.0. The number of hydrogen-bond donors (Lipinski definition) is 1. The van der Waals surface area contributed by atoms with Crippen LogP contribution in [0.5, 0.6) is 5.75 Å². The Bertz CT molecular complexity index is 1440. The lowest BCUT2D eigenvalue weighted by Gasteiger charge is -2.20. The molecule has 1 aliphatic heterocycles. The predicted molar refractivity (Wildman–Crippen MR) is 140 cm³/mol. The van der Waals surface area contributed by atoms with Gasteiger partial charge in [0.15, 0.2) is 6.61 Å². The third-order valence-corrected chi connectivity index (χ3v) is 7.11. The van der Waals surface area contributed by atoms with E-state index in [9.17, 15) is 9.18 Å². The molecule has 0 radical (unpaired) electrons. The first-order valence-electron chi connectivity index (χ1n) is 12.5. The summed E-state index contributed by atoms with van der Waals surface area (Å²) in [6, 6.07) is 22.5. The van der Waals surface area contributed by atoms with Gasteiger partial charge in [-0.05, 0) is 67.3 Å². The third-order valence-electron chi connectivity index (χ3n) is 7.11. The molecule has 6 nitrogen and oxygen atoms in total. The first kappa shape index (κ1) is 23.4. The van der Waals surface area contributed by atoms with Crippen molar-refractivity contribution in [2.45, 2.75) is 32.9 Å². The maximum absolute atomic E-state index is 13.8. The van der Waals surface area contributed by atoms with Gasteiger partial charge < -0.3 is 14.8 Å². The summed E-state index contributed by atoms with van der Waals surface area (Å²) in [5.41, 5.74) is 6.36. The van der Waals surface area contributed by atoms with Crippen molar-refractivity contribution in [2.75, 3.05) is 18.5 Å². The lowest BCUT2D eigenvalue weighted by Crippen LogP contribution is -2.25. The van der Waals surface area contributed by atoms with E-state index in [1.54, 1.807) is 12.1 Å². The van der Waals surface area contributed by atoms with Gasteiger partial charge in [0.25, 0.3) is 5.91 Å². The van der Waals surface area contributed by atoms with Crippen LogP contribution in [0.1, 0.15) is 24.1 Å². The van der Waals surface area contributed by atoms with Gasteiger partial charge in [-0.25, -0.2) is 4.39 Å². The topological polar surface area (TPSA) is 65.4 Å². The van der Waals surface area contributed by atoms with Crippen LogP contribution < -0.4 is 10.1 Å². The number of halogens is 1. The molecule has 0 unspecified atom stereocenters. The zero-order valence-corrected chi connectivity index (χ0v) is 20.7. The van der Waals surface area contributed by atoms with E-state index in [0.717, 1.165) is 46.5 Å². The van der Waals surface area contributed by atoms with Gasteiger partial charge in [0.1, 0.15) is 11.6 Å². The molecule has 4 aromatic rings. The van der Waals surface area contributed by atoms with E-state index >= 15 is 0 Å². The van der Waals surface area contributed by atoms with Crippen molar-refractivity contribution in [1.29, 1.82) is 0 Å². The van der Waals surface area contributed by atoms with E-state index in [1.807, 2.05) is 48.0 Å². The second-order valence-corrected chi connectivity index (χ2v) is 10.00. The number of benzene rings is 3. The van der Waals surface area contributed by atoms with Crippen molar-refractivity contribution in [3.8, 4) is 28.1 Å². The predicted octanol–water partition coefficient (Wildman–Crippen LogP) is 5.99. The number of nitrogens with zero attached hydrogens (tertiary/aromatic N) is 2. The molecule has 1 amide bonds. The lowest BCUT2D eigenvalue weighted by molar-refractivity contribution is -0.118. The van der Waals surface area contributed by atoms with Crippen molar-refractivity contribution in [2.24, 2.45) is 5.41 Å². The van der Waals surface area contributed by atoms with Crippen LogP contribution in [0.3, 0.4) is 0 Å². The van der Waals surface area contributed by atoms with Gasteiger partial charge in [-0.1, -0.05) is 36.4 Å². The van der Waals surface area contributed by atoms with E-state index in [-0.39, 0.29) is 23.7 Å². The van der Waals surface area contributed by atoms with Crippen LogP contribution in [-0.2, 0) is 22.7 Å². The Kier molecular flexibility index (Phi) is 6.00. The van der Waals surface area contributed by atoms with Crippen molar-refractivity contribution in [3.05, 3.63) is 89.9 Å². The number of aromatic nitrogens is 2. The summed E-state index contributed by atoms with van der Waals surface area (Å²) in [6.45, 7) is 3.94. The SMILES string of the molecule is Cc1nn(CC2(COCc3ccccc3)CC2)c(-c2ccc(F)cc2)c1-c1ccc2c(c1)NC(=O)CO2. The fourth-order valence-electron chi connectivity index (χ4n) is 4.98. The van der Waals surface area contributed by atoms with Gasteiger partial charge in [-0.3, -0.25) is 9.48 Å². The number of carbonyl (C=O) groups excluding carboxylic acids is 1. The van der Waals surface area contributed by atoms with Crippen molar-refractivity contribution < 1.29 is 18.7 Å². The smallest absolute Gasteiger partial charge is 0.262 e. The minimum atomic E-state index is -0.283. The van der Waals surface area contributed by atoms with Crippen LogP contribution in [0, 0.1) is 18.2 Å². The third kappa shape index (κ3) is 4.87. The molecule has 188 valence electrons. The quantitative estimate of drug-likeness (QED) is 0.325. The Morgan fingerprint density at radius 1 is 1.05 bits per heavy atom. The molecule has 7 heteroatoms. The van der Waals surface area contributed by atoms with E-state index < -0.39 is 0 Å². The number of hydrogen-bond acceptors (Lipinski definition) is 4. The van der Waals surface area contributed by atoms with Gasteiger partial charge in [-0.15, -0.1) is 0 Å². The summed E-state index contributed by atoms with van der Waals surface area (Å²) in [4.78, 5) is 11.9. The Hall–Kier alpha value is -3.97. The molecule has 1 saturated carbocycles. The number of ether oxygens (including phenoxy) is 2. The molecule has 0 bridgehead atoms. The number of amides is 1. The largest absolute Gasteiger partial charge is 0.482 e. The van der Waals surface area contributed by atoms with Gasteiger partial charge in [-0.2, -0.15) is 5.10 Å². The Balaban J connectivity index is 1.33. The highest BCUT2D eigenvalue weighted by Crippen LogP contribution is 2.49. The molecule has 1 aromatic heterocycles. The molecule has 0 spiro atoms. The van der Waals surface area contributed by atoms with Gasteiger partial charge in [0, 0.05) is 23.1 Å². The summed E-state index contributed by atoms with van der Waals surface area (Å²) < 4.78 is 27.5. The highest BCUT2D eigenvalue weighted by Gasteiger charge is 2.44. The monoisotopic (exact) mass is 497 g/mol. The Morgan fingerprint density at radius 2 is 1.81 bits per heavy atom. The lowest BCUT2D eigenvalue weighted by atomic mass is 9.97. The van der Waals surface area contributed by atoms with Gasteiger partial charge in [0.05, 0.1) is 30.3 Å². The number of rotatable bonds is 8. The van der Waals surface area contributed by atoms with Crippen LogP contribution in [0.4, 0.5) is 10.1 Å². The molecule has 2 aliphatic rings. The normalized spacial score (nSPS) is 15.6. The second kappa shape index (κ2) is 9.48. The molecule has 2 heterocycles. The van der Waals surface area contributed by atoms with E-state index in [2.05, 4.69) is 17.4 Å². The molecule has 0 atom stereocenters. The summed E-state index contributed by atoms with van der Waals surface area (Å²) in [5, 5.41) is 7.84. The van der Waals surface area contributed by atoms with Gasteiger partial charge in [0.2, 0.25) is 0 Å². The number of aryl methyl sites for hydroxylation is 1. The van der Waals surface area contributed by atoms with Gasteiger partial charge >= 0.3 is 0 Å².